The minimum absolute atomic E-state index is 0.0344. The number of anilines is 1. The Bertz CT molecular complexity index is 572. The lowest BCUT2D eigenvalue weighted by Crippen LogP contribution is -2.35. The molecule has 7 heteroatoms. The largest absolute Gasteiger partial charge is 0.396 e. The van der Waals surface area contributed by atoms with E-state index in [-0.39, 0.29) is 24.7 Å². The Morgan fingerprint density at radius 1 is 1.43 bits per heavy atom. The standard InChI is InChI=1S/C16H23N3O4/c1-12-4-5-14(19(22)23)10-15(12)17-16(21)11-18(13-6-7-13)8-2-3-9-20/h4-5,10,13,20H,2-3,6-9,11H2,1H3,(H,17,21). The van der Waals surface area contributed by atoms with Crippen molar-refractivity contribution in [3.05, 3.63) is 33.9 Å². The molecule has 0 unspecified atom stereocenters. The number of nitrogens with zero attached hydrogens (tertiary/aromatic N) is 2. The third kappa shape index (κ3) is 5.30. The molecule has 1 aromatic rings. The molecule has 1 fully saturated rings. The highest BCUT2D eigenvalue weighted by atomic mass is 16.6. The first kappa shape index (κ1) is 17.4. The van der Waals surface area contributed by atoms with Crippen LogP contribution >= 0.6 is 0 Å². The van der Waals surface area contributed by atoms with Gasteiger partial charge in [0.25, 0.3) is 5.69 Å². The highest BCUT2D eigenvalue weighted by molar-refractivity contribution is 5.93. The van der Waals surface area contributed by atoms with E-state index < -0.39 is 4.92 Å². The summed E-state index contributed by atoms with van der Waals surface area (Å²) in [6, 6.07) is 4.90. The number of unbranched alkanes of at least 4 members (excludes halogenated alkanes) is 1. The first-order chi connectivity index (χ1) is 11.0. The number of non-ortho nitro benzene ring substituents is 1. The molecule has 0 aliphatic heterocycles. The van der Waals surface area contributed by atoms with E-state index in [4.69, 9.17) is 5.11 Å². The average Bonchev–Trinajstić information content (AvgIpc) is 3.33. The monoisotopic (exact) mass is 321 g/mol. The smallest absolute Gasteiger partial charge is 0.271 e. The number of nitro groups is 1. The summed E-state index contributed by atoms with van der Waals surface area (Å²) in [4.78, 5) is 24.7. The third-order valence-electron chi connectivity index (χ3n) is 3.97. The summed E-state index contributed by atoms with van der Waals surface area (Å²) in [6.45, 7) is 3.03. The van der Waals surface area contributed by atoms with Crippen LogP contribution < -0.4 is 5.32 Å². The van der Waals surface area contributed by atoms with Crippen LogP contribution in [0, 0.1) is 17.0 Å². The second kappa shape index (κ2) is 8.03. The van der Waals surface area contributed by atoms with E-state index in [2.05, 4.69) is 10.2 Å². The van der Waals surface area contributed by atoms with Gasteiger partial charge in [0.2, 0.25) is 5.91 Å². The molecule has 1 saturated carbocycles. The molecule has 0 aromatic heterocycles. The van der Waals surface area contributed by atoms with E-state index in [9.17, 15) is 14.9 Å². The number of nitro benzene ring substituents is 1. The summed E-state index contributed by atoms with van der Waals surface area (Å²) in [5.41, 5.74) is 1.24. The van der Waals surface area contributed by atoms with Crippen LogP contribution in [-0.2, 0) is 4.79 Å². The molecule has 0 saturated heterocycles. The van der Waals surface area contributed by atoms with Crippen molar-refractivity contribution in [2.75, 3.05) is 25.0 Å². The molecule has 2 N–H and O–H groups in total. The topological polar surface area (TPSA) is 95.7 Å². The number of benzene rings is 1. The number of aliphatic hydroxyl groups is 1. The Balaban J connectivity index is 1.95. The first-order valence-electron chi connectivity index (χ1n) is 7.91. The fraction of sp³-hybridized carbons (Fsp3) is 0.562. The fourth-order valence-electron chi connectivity index (χ4n) is 2.49. The lowest BCUT2D eigenvalue weighted by molar-refractivity contribution is -0.384. The second-order valence-electron chi connectivity index (χ2n) is 5.94. The van der Waals surface area contributed by atoms with Crippen LogP contribution in [0.2, 0.25) is 0 Å². The molecule has 0 radical (unpaired) electrons. The summed E-state index contributed by atoms with van der Waals surface area (Å²) in [6.07, 6.45) is 3.79. The highest BCUT2D eigenvalue weighted by Crippen LogP contribution is 2.27. The van der Waals surface area contributed by atoms with Gasteiger partial charge in [-0.25, -0.2) is 0 Å². The SMILES string of the molecule is Cc1ccc([N+](=O)[O-])cc1NC(=O)CN(CCCCO)C1CC1. The number of amides is 1. The van der Waals surface area contributed by atoms with Crippen molar-refractivity contribution in [2.45, 2.75) is 38.6 Å². The zero-order valence-corrected chi connectivity index (χ0v) is 13.3. The van der Waals surface area contributed by atoms with Gasteiger partial charge in [-0.05, 0) is 44.7 Å². The molecule has 0 bridgehead atoms. The Morgan fingerprint density at radius 2 is 2.17 bits per heavy atom. The summed E-state index contributed by atoms with van der Waals surface area (Å²) in [7, 11) is 0. The Hall–Kier alpha value is -1.99. The van der Waals surface area contributed by atoms with E-state index in [1.165, 1.54) is 12.1 Å². The zero-order chi connectivity index (χ0) is 16.8. The maximum Gasteiger partial charge on any atom is 0.271 e. The van der Waals surface area contributed by atoms with E-state index in [0.29, 0.717) is 11.7 Å². The molecule has 0 heterocycles. The Morgan fingerprint density at radius 3 is 2.78 bits per heavy atom. The first-order valence-corrected chi connectivity index (χ1v) is 7.91. The minimum Gasteiger partial charge on any atom is -0.396 e. The third-order valence-corrected chi connectivity index (χ3v) is 3.97. The molecule has 1 amide bonds. The lowest BCUT2D eigenvalue weighted by atomic mass is 10.2. The van der Waals surface area contributed by atoms with E-state index >= 15 is 0 Å². The Labute approximate surface area is 135 Å². The molecular formula is C16H23N3O4. The number of aliphatic hydroxyl groups excluding tert-OH is 1. The number of carbonyl (C=O) groups excluding carboxylic acids is 1. The van der Waals surface area contributed by atoms with Crippen LogP contribution in [-0.4, -0.2) is 46.6 Å². The lowest BCUT2D eigenvalue weighted by Gasteiger charge is -2.21. The predicted molar refractivity (Wildman–Crippen MR) is 87.4 cm³/mol. The van der Waals surface area contributed by atoms with Crippen LogP contribution in [0.4, 0.5) is 11.4 Å². The summed E-state index contributed by atoms with van der Waals surface area (Å²) < 4.78 is 0. The van der Waals surface area contributed by atoms with Gasteiger partial charge in [0.05, 0.1) is 17.2 Å². The predicted octanol–water partition coefficient (Wildman–Crippen LogP) is 2.08. The van der Waals surface area contributed by atoms with Gasteiger partial charge in [-0.3, -0.25) is 19.8 Å². The molecule has 1 aliphatic carbocycles. The second-order valence-corrected chi connectivity index (χ2v) is 5.94. The molecular weight excluding hydrogens is 298 g/mol. The summed E-state index contributed by atoms with van der Waals surface area (Å²) in [5.74, 6) is -0.163. The molecule has 0 spiro atoms. The molecule has 1 aliphatic rings. The van der Waals surface area contributed by atoms with E-state index in [1.54, 1.807) is 13.0 Å². The van der Waals surface area contributed by atoms with Gasteiger partial charge in [-0.1, -0.05) is 6.07 Å². The van der Waals surface area contributed by atoms with Crippen molar-refractivity contribution >= 4 is 17.3 Å². The zero-order valence-electron chi connectivity index (χ0n) is 13.3. The van der Waals surface area contributed by atoms with Crippen LogP contribution in [0.25, 0.3) is 0 Å². The van der Waals surface area contributed by atoms with Crippen LogP contribution in [0.5, 0.6) is 0 Å². The van der Waals surface area contributed by atoms with Gasteiger partial charge in [0, 0.05) is 24.8 Å². The summed E-state index contributed by atoms with van der Waals surface area (Å²) in [5, 5.41) is 22.5. The van der Waals surface area contributed by atoms with Gasteiger partial charge in [-0.15, -0.1) is 0 Å². The highest BCUT2D eigenvalue weighted by Gasteiger charge is 2.29. The van der Waals surface area contributed by atoms with Crippen molar-refractivity contribution in [3.63, 3.8) is 0 Å². The number of carbonyl (C=O) groups is 1. The van der Waals surface area contributed by atoms with Crippen molar-refractivity contribution in [3.8, 4) is 0 Å². The van der Waals surface area contributed by atoms with Gasteiger partial charge >= 0.3 is 0 Å². The number of aryl methyl sites for hydroxylation is 1. The molecule has 0 atom stereocenters. The van der Waals surface area contributed by atoms with Crippen molar-refractivity contribution in [1.82, 2.24) is 4.90 Å². The van der Waals surface area contributed by atoms with Crippen molar-refractivity contribution in [1.29, 1.82) is 0 Å². The normalized spacial score (nSPS) is 14.0. The van der Waals surface area contributed by atoms with E-state index in [1.807, 2.05) is 0 Å². The number of hydrogen-bond acceptors (Lipinski definition) is 5. The maximum absolute atomic E-state index is 12.2. The van der Waals surface area contributed by atoms with Crippen LogP contribution in [0.1, 0.15) is 31.2 Å². The maximum atomic E-state index is 12.2. The van der Waals surface area contributed by atoms with Gasteiger partial charge in [0.1, 0.15) is 0 Å². The minimum atomic E-state index is -0.472. The van der Waals surface area contributed by atoms with Crippen molar-refractivity contribution in [2.24, 2.45) is 0 Å². The molecule has 1 aromatic carbocycles. The number of hydrogen-bond donors (Lipinski definition) is 2. The van der Waals surface area contributed by atoms with Crippen LogP contribution in [0.15, 0.2) is 18.2 Å². The number of nitrogens with one attached hydrogen (secondary N) is 1. The molecule has 23 heavy (non-hydrogen) atoms. The van der Waals surface area contributed by atoms with Gasteiger partial charge < -0.3 is 10.4 Å². The van der Waals surface area contributed by atoms with Gasteiger partial charge in [0.15, 0.2) is 0 Å². The quantitative estimate of drug-likeness (QED) is 0.412. The molecule has 126 valence electrons. The molecule has 7 nitrogen and oxygen atoms in total. The fourth-order valence-corrected chi connectivity index (χ4v) is 2.49. The van der Waals surface area contributed by atoms with Gasteiger partial charge in [-0.2, -0.15) is 0 Å². The average molecular weight is 321 g/mol. The van der Waals surface area contributed by atoms with E-state index in [0.717, 1.165) is 37.8 Å². The summed E-state index contributed by atoms with van der Waals surface area (Å²) >= 11 is 0. The number of rotatable bonds is 9. The Kier molecular flexibility index (Phi) is 6.06. The van der Waals surface area contributed by atoms with Crippen LogP contribution in [0.3, 0.4) is 0 Å². The molecule has 2 rings (SSSR count). The van der Waals surface area contributed by atoms with Crippen molar-refractivity contribution < 1.29 is 14.8 Å².